The van der Waals surface area contributed by atoms with Gasteiger partial charge in [0, 0.05) is 5.41 Å². The molecule has 0 unspecified atom stereocenters. The van der Waals surface area contributed by atoms with Crippen molar-refractivity contribution in [3.05, 3.63) is 70.8 Å². The van der Waals surface area contributed by atoms with E-state index in [2.05, 4.69) is 90.1 Å². The zero-order valence-electron chi connectivity index (χ0n) is 18.1. The van der Waals surface area contributed by atoms with Gasteiger partial charge >= 0.3 is 0 Å². The van der Waals surface area contributed by atoms with E-state index in [1.807, 2.05) is 0 Å². The van der Waals surface area contributed by atoms with Crippen LogP contribution in [0.25, 0.3) is 0 Å². The lowest BCUT2D eigenvalue weighted by molar-refractivity contribution is 0.346. The molecule has 0 aliphatic heterocycles. The van der Waals surface area contributed by atoms with Gasteiger partial charge in [0.05, 0.1) is 0 Å². The molecule has 1 aliphatic rings. The second kappa shape index (κ2) is 11.9. The zero-order valence-corrected chi connectivity index (χ0v) is 18.1. The summed E-state index contributed by atoms with van der Waals surface area (Å²) in [5.41, 5.74) is 5.96. The van der Waals surface area contributed by atoms with Gasteiger partial charge in [-0.15, -0.1) is 0 Å². The van der Waals surface area contributed by atoms with Crippen LogP contribution < -0.4 is 0 Å². The van der Waals surface area contributed by atoms with Crippen LogP contribution in [0, 0.1) is 13.8 Å². The Bertz CT molecular complexity index is 533. The van der Waals surface area contributed by atoms with Gasteiger partial charge in [-0.25, -0.2) is 0 Å². The minimum atomic E-state index is 0.250. The Morgan fingerprint density at radius 3 is 1.19 bits per heavy atom. The van der Waals surface area contributed by atoms with Crippen molar-refractivity contribution < 1.29 is 0 Å². The fraction of sp³-hybridized carbons (Fsp3) is 0.538. The number of aryl methyl sites for hydroxylation is 2. The maximum Gasteiger partial charge on any atom is 0.0202 e. The van der Waals surface area contributed by atoms with E-state index in [-0.39, 0.29) is 5.41 Å². The lowest BCUT2D eigenvalue weighted by Crippen LogP contribution is -2.30. The van der Waals surface area contributed by atoms with Crippen molar-refractivity contribution in [3.8, 4) is 0 Å². The number of benzene rings is 2. The van der Waals surface area contributed by atoms with Crippen molar-refractivity contribution in [1.29, 1.82) is 0 Å². The van der Waals surface area contributed by atoms with Gasteiger partial charge in [-0.05, 0) is 37.8 Å². The SMILES string of the molecule is CCC.CCC.Cc1ccc(C2(c3ccc(C)cc3)CCCCC2)cc1. The van der Waals surface area contributed by atoms with Gasteiger partial charge in [-0.1, -0.05) is 119 Å². The Hall–Kier alpha value is -1.56. The topological polar surface area (TPSA) is 0 Å². The Balaban J connectivity index is 0.000000499. The number of hydrogen-bond acceptors (Lipinski definition) is 0. The number of hydrogen-bond donors (Lipinski definition) is 0. The summed E-state index contributed by atoms with van der Waals surface area (Å²) in [5.74, 6) is 0. The highest BCUT2D eigenvalue weighted by Gasteiger charge is 2.35. The van der Waals surface area contributed by atoms with Crippen LogP contribution in [-0.2, 0) is 5.41 Å². The van der Waals surface area contributed by atoms with Crippen LogP contribution in [0.4, 0.5) is 0 Å². The van der Waals surface area contributed by atoms with E-state index in [0.29, 0.717) is 0 Å². The lowest BCUT2D eigenvalue weighted by atomic mass is 9.65. The summed E-state index contributed by atoms with van der Waals surface area (Å²) in [7, 11) is 0. The summed E-state index contributed by atoms with van der Waals surface area (Å²) in [6.07, 6.45) is 9.17. The van der Waals surface area contributed by atoms with Crippen LogP contribution in [0.15, 0.2) is 48.5 Å². The third-order valence-electron chi connectivity index (χ3n) is 4.92. The minimum absolute atomic E-state index is 0.250. The molecular formula is C26H40. The monoisotopic (exact) mass is 352 g/mol. The molecule has 2 aromatic rings. The van der Waals surface area contributed by atoms with Crippen LogP contribution >= 0.6 is 0 Å². The summed E-state index contributed by atoms with van der Waals surface area (Å²) in [6.45, 7) is 12.8. The molecule has 1 saturated carbocycles. The third-order valence-corrected chi connectivity index (χ3v) is 4.92. The molecule has 0 N–H and O–H groups in total. The van der Waals surface area contributed by atoms with Crippen molar-refractivity contribution in [1.82, 2.24) is 0 Å². The lowest BCUT2D eigenvalue weighted by Gasteiger charge is -2.38. The second-order valence-corrected chi connectivity index (χ2v) is 7.79. The summed E-state index contributed by atoms with van der Waals surface area (Å²) in [4.78, 5) is 0. The first kappa shape index (κ1) is 22.5. The average molecular weight is 353 g/mol. The maximum atomic E-state index is 2.35. The maximum absolute atomic E-state index is 2.35. The van der Waals surface area contributed by atoms with Gasteiger partial charge in [0.15, 0.2) is 0 Å². The fourth-order valence-corrected chi connectivity index (χ4v) is 3.64. The zero-order chi connectivity index (χ0) is 19.4. The summed E-state index contributed by atoms with van der Waals surface area (Å²) >= 11 is 0. The first-order chi connectivity index (χ1) is 12.5. The molecule has 0 radical (unpaired) electrons. The van der Waals surface area contributed by atoms with E-state index in [9.17, 15) is 0 Å². The quantitative estimate of drug-likeness (QED) is 0.509. The van der Waals surface area contributed by atoms with Crippen molar-refractivity contribution in [2.45, 2.75) is 91.9 Å². The van der Waals surface area contributed by atoms with Crippen LogP contribution in [0.2, 0.25) is 0 Å². The molecule has 0 bridgehead atoms. The van der Waals surface area contributed by atoms with E-state index in [4.69, 9.17) is 0 Å². The van der Waals surface area contributed by atoms with E-state index >= 15 is 0 Å². The van der Waals surface area contributed by atoms with Gasteiger partial charge in [-0.3, -0.25) is 0 Å². The van der Waals surface area contributed by atoms with E-state index in [0.717, 1.165) is 0 Å². The molecule has 0 amide bonds. The summed E-state index contributed by atoms with van der Waals surface area (Å²) in [6, 6.07) is 18.4. The smallest absolute Gasteiger partial charge is 0.0202 e. The van der Waals surface area contributed by atoms with Gasteiger partial charge in [0.25, 0.3) is 0 Å². The molecule has 2 aromatic carbocycles. The average Bonchev–Trinajstić information content (AvgIpc) is 2.65. The highest BCUT2D eigenvalue weighted by atomic mass is 14.4. The Morgan fingerprint density at radius 2 is 0.885 bits per heavy atom. The van der Waals surface area contributed by atoms with Crippen molar-refractivity contribution >= 4 is 0 Å². The van der Waals surface area contributed by atoms with Crippen molar-refractivity contribution in [2.75, 3.05) is 0 Å². The molecule has 1 aliphatic carbocycles. The molecule has 0 heteroatoms. The molecule has 1 fully saturated rings. The Labute approximate surface area is 163 Å². The molecule has 0 atom stereocenters. The first-order valence-electron chi connectivity index (χ1n) is 10.7. The van der Waals surface area contributed by atoms with Crippen LogP contribution in [0.5, 0.6) is 0 Å². The molecule has 0 aromatic heterocycles. The predicted octanol–water partition coefficient (Wildman–Crippen LogP) is 8.39. The van der Waals surface area contributed by atoms with Gasteiger partial charge < -0.3 is 0 Å². The Kier molecular flexibility index (Phi) is 10.3. The van der Waals surface area contributed by atoms with Gasteiger partial charge in [-0.2, -0.15) is 0 Å². The van der Waals surface area contributed by atoms with E-state index < -0.39 is 0 Å². The molecule has 144 valence electrons. The molecular weight excluding hydrogens is 312 g/mol. The molecule has 3 rings (SSSR count). The van der Waals surface area contributed by atoms with Crippen LogP contribution in [0.3, 0.4) is 0 Å². The van der Waals surface area contributed by atoms with Crippen molar-refractivity contribution in [3.63, 3.8) is 0 Å². The molecule has 0 heterocycles. The van der Waals surface area contributed by atoms with Crippen molar-refractivity contribution in [2.24, 2.45) is 0 Å². The highest BCUT2D eigenvalue weighted by Crippen LogP contribution is 2.44. The standard InChI is InChI=1S/C20H24.2C3H8/c1-16-6-10-18(11-7-16)20(14-4-3-5-15-20)19-12-8-17(2)9-13-19;2*1-3-2/h6-13H,3-5,14-15H2,1-2H3;2*3H2,1-2H3. The fourth-order valence-electron chi connectivity index (χ4n) is 3.64. The largest absolute Gasteiger partial charge is 0.0656 e. The van der Waals surface area contributed by atoms with Gasteiger partial charge in [0.2, 0.25) is 0 Å². The Morgan fingerprint density at radius 1 is 0.577 bits per heavy atom. The third kappa shape index (κ3) is 6.31. The molecule has 26 heavy (non-hydrogen) atoms. The van der Waals surface area contributed by atoms with Crippen LogP contribution in [-0.4, -0.2) is 0 Å². The second-order valence-electron chi connectivity index (χ2n) is 7.79. The summed E-state index contributed by atoms with van der Waals surface area (Å²) < 4.78 is 0. The van der Waals surface area contributed by atoms with Crippen LogP contribution in [0.1, 0.15) is 94.9 Å². The molecule has 0 spiro atoms. The molecule has 0 saturated heterocycles. The van der Waals surface area contributed by atoms with E-state index in [1.165, 1.54) is 67.2 Å². The highest BCUT2D eigenvalue weighted by molar-refractivity contribution is 5.41. The normalized spacial score (nSPS) is 15.2. The molecule has 0 nitrogen and oxygen atoms in total. The van der Waals surface area contributed by atoms with Gasteiger partial charge in [0.1, 0.15) is 0 Å². The minimum Gasteiger partial charge on any atom is -0.0656 e. The first-order valence-corrected chi connectivity index (χ1v) is 10.7. The number of rotatable bonds is 2. The van der Waals surface area contributed by atoms with E-state index in [1.54, 1.807) is 0 Å². The predicted molar refractivity (Wildman–Crippen MR) is 118 cm³/mol. The summed E-state index contributed by atoms with van der Waals surface area (Å²) in [5, 5.41) is 0.